The molecule has 3 aromatic carbocycles. The SMILES string of the molecule is Cc1nccn1CC1=Cc2cc(Cl)ccc2C(C2CCN(C(=O)Nc3ccc(C#N)cc3)CC2)c2ncc(Br)cc21.Cc1nccn1CC1=Cc2cc(Cl)ccc2C(C2CCNCC2)c2ncc(Br)cc21.[HH]. The van der Waals surface area contributed by atoms with E-state index < -0.39 is 0 Å². The number of urea groups is 1. The molecule has 362 valence electrons. The summed E-state index contributed by atoms with van der Waals surface area (Å²) in [5.41, 5.74) is 13.0. The Labute approximate surface area is 442 Å². The number of imidazole rings is 2. The van der Waals surface area contributed by atoms with E-state index in [-0.39, 0.29) is 19.3 Å². The van der Waals surface area contributed by atoms with Crippen LogP contribution in [0.25, 0.3) is 23.3 Å². The van der Waals surface area contributed by atoms with Gasteiger partial charge in [0, 0.05) is 112 Å². The number of likely N-dealkylation sites (tertiary alicyclic amines) is 1. The van der Waals surface area contributed by atoms with Crippen molar-refractivity contribution in [1.29, 1.82) is 5.26 Å². The average molecular weight is 1110 g/mol. The van der Waals surface area contributed by atoms with Crippen LogP contribution in [0.1, 0.15) is 101 Å². The smallest absolute Gasteiger partial charge is 0.321 e. The van der Waals surface area contributed by atoms with Crippen molar-refractivity contribution in [2.24, 2.45) is 11.8 Å². The first kappa shape index (κ1) is 48.7. The fourth-order valence-corrected chi connectivity index (χ4v) is 11.8. The molecule has 0 bridgehead atoms. The van der Waals surface area contributed by atoms with E-state index in [1.54, 1.807) is 24.3 Å². The van der Waals surface area contributed by atoms with Gasteiger partial charge in [-0.1, -0.05) is 35.3 Å². The highest BCUT2D eigenvalue weighted by Gasteiger charge is 2.37. The van der Waals surface area contributed by atoms with Gasteiger partial charge in [0.1, 0.15) is 11.6 Å². The molecule has 0 radical (unpaired) electrons. The predicted molar refractivity (Wildman–Crippen MR) is 292 cm³/mol. The summed E-state index contributed by atoms with van der Waals surface area (Å²) in [6.45, 7) is 8.88. The Morgan fingerprint density at radius 3 is 1.68 bits per heavy atom. The van der Waals surface area contributed by atoms with Crippen LogP contribution in [-0.4, -0.2) is 66.2 Å². The number of aromatic nitrogens is 6. The Bertz CT molecular complexity index is 3220. The summed E-state index contributed by atoms with van der Waals surface area (Å²) in [5.74, 6) is 3.14. The maximum Gasteiger partial charge on any atom is 0.321 e. The first-order chi connectivity index (χ1) is 34.5. The maximum atomic E-state index is 13.1. The molecule has 15 heteroatoms. The molecule has 2 fully saturated rings. The Kier molecular flexibility index (Phi) is 14.7. The third-order valence-electron chi connectivity index (χ3n) is 14.4. The van der Waals surface area contributed by atoms with Gasteiger partial charge in [-0.05, 0) is 203 Å². The van der Waals surface area contributed by atoms with Crippen molar-refractivity contribution >= 4 is 90.1 Å². The number of nitrogens with one attached hydrogen (secondary N) is 2. The molecule has 2 saturated heterocycles. The van der Waals surface area contributed by atoms with E-state index in [0.29, 0.717) is 47.7 Å². The van der Waals surface area contributed by atoms with Gasteiger partial charge in [0.2, 0.25) is 0 Å². The van der Waals surface area contributed by atoms with Crippen LogP contribution in [0.5, 0.6) is 0 Å². The Balaban J connectivity index is 0.000000183. The lowest BCUT2D eigenvalue weighted by molar-refractivity contribution is 0.177. The average Bonchev–Trinajstić information content (AvgIpc) is 3.92. The lowest BCUT2D eigenvalue weighted by Gasteiger charge is -2.36. The van der Waals surface area contributed by atoms with Crippen molar-refractivity contribution in [2.45, 2.75) is 64.5 Å². The molecule has 11 nitrogen and oxygen atoms in total. The van der Waals surface area contributed by atoms with Crippen LogP contribution in [0.4, 0.5) is 10.5 Å². The molecule has 2 aliphatic heterocycles. The highest BCUT2D eigenvalue weighted by molar-refractivity contribution is 9.10. The number of pyridine rings is 2. The van der Waals surface area contributed by atoms with Gasteiger partial charge in [0.15, 0.2) is 0 Å². The first-order valence-electron chi connectivity index (χ1n) is 24.0. The van der Waals surface area contributed by atoms with Gasteiger partial charge in [-0.3, -0.25) is 9.97 Å². The number of fused-ring (bicyclic) bond motifs is 4. The molecule has 2 atom stereocenters. The lowest BCUT2D eigenvalue weighted by Crippen LogP contribution is -2.42. The summed E-state index contributed by atoms with van der Waals surface area (Å²) in [7, 11) is 0. The van der Waals surface area contributed by atoms with Gasteiger partial charge in [-0.25, -0.2) is 14.8 Å². The molecule has 2 aliphatic carbocycles. The van der Waals surface area contributed by atoms with Crippen LogP contribution in [-0.2, 0) is 13.1 Å². The molecule has 2 N–H and O–H groups in total. The van der Waals surface area contributed by atoms with Crippen molar-refractivity contribution in [1.82, 2.24) is 39.3 Å². The van der Waals surface area contributed by atoms with E-state index in [1.165, 1.54) is 33.5 Å². The molecule has 6 heterocycles. The van der Waals surface area contributed by atoms with Gasteiger partial charge in [0.05, 0.1) is 23.0 Å². The fraction of sp³-hybridized carbons (Fsp3) is 0.286. The molecule has 4 aliphatic rings. The summed E-state index contributed by atoms with van der Waals surface area (Å²) in [4.78, 5) is 33.8. The zero-order valence-corrected chi connectivity index (χ0v) is 44.1. The number of carbonyl (C=O) groups excluding carboxylic acids is 1. The highest BCUT2D eigenvalue weighted by atomic mass is 79.9. The van der Waals surface area contributed by atoms with E-state index >= 15 is 0 Å². The van der Waals surface area contributed by atoms with Gasteiger partial charge in [0.25, 0.3) is 0 Å². The van der Waals surface area contributed by atoms with Gasteiger partial charge < -0.3 is 24.7 Å². The lowest BCUT2D eigenvalue weighted by atomic mass is 9.76. The quantitative estimate of drug-likeness (QED) is 0.163. The summed E-state index contributed by atoms with van der Waals surface area (Å²) in [6, 6.07) is 25.8. The van der Waals surface area contributed by atoms with Crippen LogP contribution >= 0.6 is 55.1 Å². The number of aryl methyl sites for hydroxylation is 2. The standard InChI is InChI=1S/C32H28BrClN6O.C24H24BrClN4.H2/c1-20-36-10-13-40(20)19-24-14-23-15-26(34)4-7-28(23)30(31-29(24)16-25(33)18-37-31)22-8-11-39(12-9-22)32(41)38-27-5-2-21(17-35)3-6-27;1-15-28-8-9-30(15)14-18-10-17-11-20(26)2-3-21(17)23(16-4-6-27-7-5-16)24-22(18)12-19(25)13-29-24;/h2-7,10,13-16,18,22,30H,8-9,11-12,19H2,1H3,(H,38,41);2-3,8-13,16,23,27H,4-7,14H2,1H3;1H. The van der Waals surface area contributed by atoms with Crippen molar-refractivity contribution in [3.8, 4) is 6.07 Å². The largest absolute Gasteiger partial charge is 0.331 e. The normalized spacial score (nSPS) is 17.7. The second kappa shape index (κ2) is 21.5. The Morgan fingerprint density at radius 1 is 0.718 bits per heavy atom. The summed E-state index contributed by atoms with van der Waals surface area (Å²) in [5, 5.41) is 17.0. The second-order valence-corrected chi connectivity index (χ2v) is 21.5. The Hall–Kier alpha value is -5.88. The van der Waals surface area contributed by atoms with E-state index in [0.717, 1.165) is 93.3 Å². The number of hydrogen-bond donors (Lipinski definition) is 2. The zero-order valence-electron chi connectivity index (χ0n) is 39.4. The minimum absolute atomic E-state index is 0. The number of nitrogens with zero attached hydrogens (tertiary/aromatic N) is 8. The van der Waals surface area contributed by atoms with Crippen molar-refractivity contribution in [3.63, 3.8) is 0 Å². The molecule has 11 rings (SSSR count). The number of anilines is 1. The fourth-order valence-electron chi connectivity index (χ4n) is 10.8. The maximum absolute atomic E-state index is 13.1. The molecule has 4 aromatic heterocycles. The van der Waals surface area contributed by atoms with Crippen LogP contribution in [0, 0.1) is 37.0 Å². The zero-order chi connectivity index (χ0) is 49.2. The number of benzene rings is 3. The summed E-state index contributed by atoms with van der Waals surface area (Å²) in [6.07, 6.45) is 20.1. The predicted octanol–water partition coefficient (Wildman–Crippen LogP) is 13.4. The van der Waals surface area contributed by atoms with Crippen LogP contribution < -0.4 is 10.6 Å². The molecular formula is C56H54Br2Cl2N10O. The topological polar surface area (TPSA) is 130 Å². The van der Waals surface area contributed by atoms with Gasteiger partial charge in [-0.2, -0.15) is 5.26 Å². The van der Waals surface area contributed by atoms with E-state index in [2.05, 4.69) is 110 Å². The molecule has 2 unspecified atom stereocenters. The molecule has 7 aromatic rings. The second-order valence-electron chi connectivity index (χ2n) is 18.7. The van der Waals surface area contributed by atoms with Crippen LogP contribution in [0.3, 0.4) is 0 Å². The van der Waals surface area contributed by atoms with Crippen molar-refractivity contribution in [3.05, 3.63) is 191 Å². The highest BCUT2D eigenvalue weighted by Crippen LogP contribution is 2.47. The minimum Gasteiger partial charge on any atom is -0.331 e. The molecule has 2 amide bonds. The monoisotopic (exact) mass is 1110 g/mol. The van der Waals surface area contributed by atoms with Gasteiger partial charge >= 0.3 is 6.03 Å². The Morgan fingerprint density at radius 2 is 1.21 bits per heavy atom. The number of carbonyl (C=O) groups is 1. The van der Waals surface area contributed by atoms with Crippen molar-refractivity contribution < 1.29 is 6.22 Å². The minimum atomic E-state index is -0.122. The molecule has 0 spiro atoms. The first-order valence-corrected chi connectivity index (χ1v) is 26.4. The number of piperidine rings is 2. The molecule has 0 saturated carbocycles. The number of nitriles is 1. The van der Waals surface area contributed by atoms with E-state index in [4.69, 9.17) is 38.4 Å². The third kappa shape index (κ3) is 10.7. The van der Waals surface area contributed by atoms with Crippen molar-refractivity contribution in [2.75, 3.05) is 31.5 Å². The molecular weight excluding hydrogens is 1060 g/mol. The number of rotatable bonds is 7. The van der Waals surface area contributed by atoms with Crippen LogP contribution in [0.2, 0.25) is 10.0 Å². The number of halogens is 4. The number of allylic oxidation sites excluding steroid dienone is 2. The van der Waals surface area contributed by atoms with Gasteiger partial charge in [-0.15, -0.1) is 0 Å². The summed E-state index contributed by atoms with van der Waals surface area (Å²) < 4.78 is 6.27. The molecule has 71 heavy (non-hydrogen) atoms. The van der Waals surface area contributed by atoms with E-state index in [9.17, 15) is 4.79 Å². The van der Waals surface area contributed by atoms with E-state index in [1.807, 2.05) is 74.1 Å². The third-order valence-corrected chi connectivity index (χ3v) is 15.8. The number of amides is 2. The summed E-state index contributed by atoms with van der Waals surface area (Å²) >= 11 is 20.3. The number of hydrogen-bond acceptors (Lipinski definition) is 7. The van der Waals surface area contributed by atoms with Crippen LogP contribution in [0.15, 0.2) is 119 Å².